The Kier molecular flexibility index (Phi) is 4.22. The predicted molar refractivity (Wildman–Crippen MR) is 43.0 cm³/mol. The van der Waals surface area contributed by atoms with Crippen LogP contribution in [-0.2, 0) is 0 Å². The van der Waals surface area contributed by atoms with Crippen molar-refractivity contribution in [3.8, 4) is 0 Å². The van der Waals surface area contributed by atoms with Crippen molar-refractivity contribution in [2.75, 3.05) is 5.88 Å². The Bertz CT molecular complexity index is 82.3. The molecule has 0 unspecified atom stereocenters. The number of hydrogen-bond donors (Lipinski definition) is 0. The van der Waals surface area contributed by atoms with E-state index < -0.39 is 0 Å². The molecular weight excluding hydrogens is 180 g/mol. The molecule has 0 aliphatic carbocycles. The maximum Gasteiger partial charge on any atom is 0.0481 e. The van der Waals surface area contributed by atoms with Gasteiger partial charge in [0.25, 0.3) is 0 Å². The van der Waals surface area contributed by atoms with Crippen LogP contribution < -0.4 is 0 Å². The summed E-state index contributed by atoms with van der Waals surface area (Å²) in [5.74, 6) is 0.572. The van der Waals surface area contributed by atoms with Gasteiger partial charge in [-0.05, 0) is 43.8 Å². The Hall–Kier alpha value is 0.830. The average Bonchev–Trinajstić information content (AvgIpc) is 1.65. The van der Waals surface area contributed by atoms with Crippen molar-refractivity contribution in [1.29, 1.82) is 0 Å². The molecule has 0 aliphatic rings. The van der Waals surface area contributed by atoms with Gasteiger partial charge in [-0.15, -0.1) is 15.5 Å². The summed E-state index contributed by atoms with van der Waals surface area (Å²) in [5.41, 5.74) is -0.217. The monoisotopic (exact) mass is 189 g/mol. The smallest absolute Gasteiger partial charge is 0.0481 e. The van der Waals surface area contributed by atoms with Gasteiger partial charge in [-0.1, -0.05) is 0 Å². The third kappa shape index (κ3) is 3.51. The van der Waals surface area contributed by atoms with Crippen LogP contribution in [0.2, 0.25) is 0 Å². The zero-order chi connectivity index (χ0) is 7.49. The van der Waals surface area contributed by atoms with Gasteiger partial charge in [0, 0.05) is 11.4 Å². The molecule has 0 rings (SSSR count). The van der Waals surface area contributed by atoms with E-state index in [1.807, 2.05) is 13.8 Å². The maximum absolute atomic E-state index is 5.49. The van der Waals surface area contributed by atoms with E-state index in [-0.39, 0.29) is 5.54 Å². The molecule has 0 atom stereocenters. The van der Waals surface area contributed by atoms with Gasteiger partial charge < -0.3 is 0 Å². The van der Waals surface area contributed by atoms with Gasteiger partial charge in [0.15, 0.2) is 0 Å². The summed E-state index contributed by atoms with van der Waals surface area (Å²) in [7, 11) is 0. The van der Waals surface area contributed by atoms with E-state index in [9.17, 15) is 0 Å². The van der Waals surface area contributed by atoms with Crippen LogP contribution in [0.15, 0.2) is 0 Å². The van der Waals surface area contributed by atoms with E-state index >= 15 is 0 Å². The van der Waals surface area contributed by atoms with Crippen LogP contribution in [0, 0.1) is 0 Å². The molecule has 0 aromatic heterocycles. The SMILES string of the molecule is CC(C)(CCCl)N(Cl)Cl. The second-order valence-corrected chi connectivity index (χ2v) is 3.71. The van der Waals surface area contributed by atoms with Crippen molar-refractivity contribution in [2.45, 2.75) is 25.8 Å². The van der Waals surface area contributed by atoms with E-state index in [1.54, 1.807) is 0 Å². The first-order chi connectivity index (χ1) is 4.00. The number of hydrogen-bond acceptors (Lipinski definition) is 1. The zero-order valence-electron chi connectivity index (χ0n) is 5.50. The fraction of sp³-hybridized carbons (Fsp3) is 1.00. The van der Waals surface area contributed by atoms with E-state index in [0.29, 0.717) is 5.88 Å². The maximum atomic E-state index is 5.49. The zero-order valence-corrected chi connectivity index (χ0v) is 7.76. The Balaban J connectivity index is 3.70. The lowest BCUT2D eigenvalue weighted by atomic mass is 10.0. The van der Waals surface area contributed by atoms with Crippen LogP contribution in [0.3, 0.4) is 0 Å². The molecule has 0 N–H and O–H groups in total. The molecule has 0 saturated carbocycles. The second kappa shape index (κ2) is 3.87. The second-order valence-electron chi connectivity index (χ2n) is 2.48. The highest BCUT2D eigenvalue weighted by atomic mass is 35.5. The Morgan fingerprint density at radius 3 is 1.89 bits per heavy atom. The topological polar surface area (TPSA) is 3.24 Å². The van der Waals surface area contributed by atoms with Crippen LogP contribution in [0.1, 0.15) is 20.3 Å². The number of halogens is 3. The molecule has 0 aliphatic heterocycles. The first kappa shape index (κ1) is 9.83. The van der Waals surface area contributed by atoms with Crippen LogP contribution in [0.5, 0.6) is 0 Å². The van der Waals surface area contributed by atoms with Gasteiger partial charge in [0.1, 0.15) is 0 Å². The van der Waals surface area contributed by atoms with Gasteiger partial charge in [-0.25, -0.2) is 0 Å². The number of nitrogens with zero attached hydrogens (tertiary/aromatic N) is 1. The van der Waals surface area contributed by atoms with Gasteiger partial charge in [0.05, 0.1) is 0 Å². The molecule has 0 aromatic carbocycles. The molecule has 9 heavy (non-hydrogen) atoms. The van der Waals surface area contributed by atoms with Crippen LogP contribution >= 0.6 is 35.2 Å². The summed E-state index contributed by atoms with van der Waals surface area (Å²) in [6.07, 6.45) is 0.779. The minimum absolute atomic E-state index is 0.217. The molecular formula is C5H10Cl3N. The van der Waals surface area contributed by atoms with Crippen molar-refractivity contribution in [3.05, 3.63) is 0 Å². The average molecular weight is 191 g/mol. The third-order valence-electron chi connectivity index (χ3n) is 1.16. The lowest BCUT2D eigenvalue weighted by molar-refractivity contribution is 0.343. The molecule has 1 nitrogen and oxygen atoms in total. The molecule has 4 heteroatoms. The normalized spacial score (nSPS) is 12.7. The van der Waals surface area contributed by atoms with E-state index in [2.05, 4.69) is 0 Å². The third-order valence-corrected chi connectivity index (χ3v) is 2.27. The molecule has 0 amide bonds. The molecule has 0 fully saturated rings. The molecule has 0 heterocycles. The van der Waals surface area contributed by atoms with Crippen molar-refractivity contribution >= 4 is 35.2 Å². The Morgan fingerprint density at radius 1 is 1.33 bits per heavy atom. The van der Waals surface area contributed by atoms with Gasteiger partial charge in [0.2, 0.25) is 0 Å². The predicted octanol–water partition coefficient (Wildman–Crippen LogP) is 3.00. The highest BCUT2D eigenvalue weighted by Gasteiger charge is 2.22. The minimum atomic E-state index is -0.217. The summed E-state index contributed by atoms with van der Waals surface area (Å²) in [5, 5.41) is 0. The fourth-order valence-electron chi connectivity index (χ4n) is 0.316. The van der Waals surface area contributed by atoms with Crippen molar-refractivity contribution in [1.82, 2.24) is 3.94 Å². The van der Waals surface area contributed by atoms with Crippen molar-refractivity contribution < 1.29 is 0 Å². The lowest BCUT2D eigenvalue weighted by Crippen LogP contribution is -2.31. The standard InChI is InChI=1S/C5H10Cl3N/c1-5(2,3-4-6)9(7)8/h3-4H2,1-2H3. The first-order valence-electron chi connectivity index (χ1n) is 2.68. The van der Waals surface area contributed by atoms with Gasteiger partial charge in [-0.3, -0.25) is 0 Å². The quantitative estimate of drug-likeness (QED) is 0.488. The highest BCUT2D eigenvalue weighted by Crippen LogP contribution is 2.23. The van der Waals surface area contributed by atoms with Gasteiger partial charge >= 0.3 is 0 Å². The molecule has 0 bridgehead atoms. The number of rotatable bonds is 3. The summed E-state index contributed by atoms with van der Waals surface area (Å²) < 4.78 is 1.13. The summed E-state index contributed by atoms with van der Waals surface area (Å²) in [4.78, 5) is 0. The molecule has 0 radical (unpaired) electrons. The Morgan fingerprint density at radius 2 is 1.78 bits per heavy atom. The van der Waals surface area contributed by atoms with Crippen LogP contribution in [0.4, 0.5) is 0 Å². The fourth-order valence-corrected chi connectivity index (χ4v) is 0.947. The largest absolute Gasteiger partial charge is 0.127 e. The van der Waals surface area contributed by atoms with E-state index in [4.69, 9.17) is 35.2 Å². The molecule has 56 valence electrons. The van der Waals surface area contributed by atoms with Crippen molar-refractivity contribution in [2.24, 2.45) is 0 Å². The van der Waals surface area contributed by atoms with E-state index in [0.717, 1.165) is 10.4 Å². The Labute approximate surface area is 71.1 Å². The van der Waals surface area contributed by atoms with Crippen molar-refractivity contribution in [3.63, 3.8) is 0 Å². The summed E-state index contributed by atoms with van der Waals surface area (Å²) in [6.45, 7) is 3.85. The lowest BCUT2D eigenvalue weighted by Gasteiger charge is -2.25. The van der Waals surface area contributed by atoms with Crippen LogP contribution in [-0.4, -0.2) is 15.4 Å². The van der Waals surface area contributed by atoms with E-state index in [1.165, 1.54) is 0 Å². The van der Waals surface area contributed by atoms with Gasteiger partial charge in [-0.2, -0.15) is 0 Å². The molecule has 0 aromatic rings. The molecule has 0 saturated heterocycles. The summed E-state index contributed by atoms with van der Waals surface area (Å²) >= 11 is 16.5. The first-order valence-corrected chi connectivity index (χ1v) is 3.89. The van der Waals surface area contributed by atoms with Crippen LogP contribution in [0.25, 0.3) is 0 Å². The summed E-state index contributed by atoms with van der Waals surface area (Å²) in [6, 6.07) is 0. The minimum Gasteiger partial charge on any atom is -0.127 e. The highest BCUT2D eigenvalue weighted by molar-refractivity contribution is 6.34. The molecule has 0 spiro atoms. The number of alkyl halides is 1.